The van der Waals surface area contributed by atoms with Crippen LogP contribution in [0.4, 0.5) is 4.79 Å². The van der Waals surface area contributed by atoms with Crippen molar-refractivity contribution >= 4 is 45.8 Å². The number of nitrogens with one attached hydrogen (secondary N) is 1. The molecule has 0 bridgehead atoms. The van der Waals surface area contributed by atoms with Crippen LogP contribution in [0.15, 0.2) is 58.2 Å². The number of hydrogen-bond acceptors (Lipinski definition) is 5. The molecule has 3 aromatic rings. The molecule has 1 fully saturated rings. The lowest BCUT2D eigenvalue weighted by Gasteiger charge is -2.16. The Morgan fingerprint density at radius 2 is 2.00 bits per heavy atom. The summed E-state index contributed by atoms with van der Waals surface area (Å²) in [4.78, 5) is 38.9. The van der Waals surface area contributed by atoms with Gasteiger partial charge in [0.1, 0.15) is 12.3 Å². The van der Waals surface area contributed by atoms with E-state index in [9.17, 15) is 14.4 Å². The zero-order chi connectivity index (χ0) is 21.3. The van der Waals surface area contributed by atoms with Crippen LogP contribution < -0.4 is 5.32 Å². The van der Waals surface area contributed by atoms with Crippen molar-refractivity contribution in [1.82, 2.24) is 14.8 Å². The Kier molecular flexibility index (Phi) is 5.50. The van der Waals surface area contributed by atoms with Crippen LogP contribution in [0.25, 0.3) is 17.0 Å². The zero-order valence-electron chi connectivity index (χ0n) is 16.6. The molecule has 7 nitrogen and oxygen atoms in total. The number of amides is 3. The molecule has 0 spiro atoms. The van der Waals surface area contributed by atoms with E-state index in [-0.39, 0.29) is 29.6 Å². The molecule has 154 valence electrons. The van der Waals surface area contributed by atoms with Gasteiger partial charge in [-0.2, -0.15) is 0 Å². The minimum atomic E-state index is -0.284. The Bertz CT molecular complexity index is 1140. The number of fused-ring (bicyclic) bond motifs is 1. The molecule has 0 saturated carbocycles. The number of rotatable bonds is 6. The molecule has 3 amide bonds. The first-order valence-corrected chi connectivity index (χ1v) is 10.4. The first kappa shape index (κ1) is 20.0. The van der Waals surface area contributed by atoms with E-state index in [2.05, 4.69) is 5.32 Å². The van der Waals surface area contributed by atoms with Crippen molar-refractivity contribution in [1.29, 1.82) is 0 Å². The number of hydrogen-bond donors (Lipinski definition) is 1. The lowest BCUT2D eigenvalue weighted by atomic mass is 10.1. The second kappa shape index (κ2) is 8.23. The van der Waals surface area contributed by atoms with Gasteiger partial charge in [0, 0.05) is 28.7 Å². The van der Waals surface area contributed by atoms with Gasteiger partial charge in [0.05, 0.1) is 17.7 Å². The van der Waals surface area contributed by atoms with Crippen LogP contribution in [-0.2, 0) is 22.7 Å². The molecule has 0 atom stereocenters. The highest BCUT2D eigenvalue weighted by Crippen LogP contribution is 2.35. The van der Waals surface area contributed by atoms with Crippen LogP contribution in [-0.4, -0.2) is 32.6 Å². The van der Waals surface area contributed by atoms with Crippen molar-refractivity contribution in [2.45, 2.75) is 33.0 Å². The van der Waals surface area contributed by atoms with Crippen molar-refractivity contribution in [2.75, 3.05) is 0 Å². The average molecular weight is 423 g/mol. The van der Waals surface area contributed by atoms with Crippen LogP contribution in [0.1, 0.15) is 25.2 Å². The number of furan rings is 1. The van der Waals surface area contributed by atoms with Gasteiger partial charge < -0.3 is 14.3 Å². The second-order valence-corrected chi connectivity index (χ2v) is 8.22. The highest BCUT2D eigenvalue weighted by atomic mass is 32.2. The largest absolute Gasteiger partial charge is 0.467 e. The number of imide groups is 1. The maximum atomic E-state index is 12.6. The van der Waals surface area contributed by atoms with Gasteiger partial charge in [-0.1, -0.05) is 18.2 Å². The Hall–Kier alpha value is -3.26. The predicted molar refractivity (Wildman–Crippen MR) is 115 cm³/mol. The molecule has 2 aromatic heterocycles. The average Bonchev–Trinajstić information content (AvgIpc) is 3.41. The number of carbonyl (C=O) groups is 3. The Balaban J connectivity index is 1.59. The van der Waals surface area contributed by atoms with Gasteiger partial charge >= 0.3 is 0 Å². The van der Waals surface area contributed by atoms with Crippen LogP contribution >= 0.6 is 11.8 Å². The fourth-order valence-corrected chi connectivity index (χ4v) is 4.35. The van der Waals surface area contributed by atoms with Gasteiger partial charge in [0.2, 0.25) is 5.91 Å². The summed E-state index contributed by atoms with van der Waals surface area (Å²) in [5.41, 5.74) is 1.67. The Labute approximate surface area is 177 Å². The number of benzene rings is 1. The molecule has 8 heteroatoms. The van der Waals surface area contributed by atoms with Gasteiger partial charge in [-0.25, -0.2) is 0 Å². The van der Waals surface area contributed by atoms with E-state index in [4.69, 9.17) is 4.42 Å². The van der Waals surface area contributed by atoms with Crippen molar-refractivity contribution in [3.63, 3.8) is 0 Å². The molecular formula is C22H21N3O4S. The molecule has 1 saturated heterocycles. The van der Waals surface area contributed by atoms with E-state index >= 15 is 0 Å². The highest BCUT2D eigenvalue weighted by Gasteiger charge is 2.36. The smallest absolute Gasteiger partial charge is 0.293 e. The molecule has 3 heterocycles. The van der Waals surface area contributed by atoms with Crippen molar-refractivity contribution in [3.05, 3.63) is 65.1 Å². The van der Waals surface area contributed by atoms with Crippen molar-refractivity contribution < 1.29 is 18.8 Å². The van der Waals surface area contributed by atoms with Gasteiger partial charge in [0.25, 0.3) is 11.1 Å². The highest BCUT2D eigenvalue weighted by molar-refractivity contribution is 8.18. The third-order valence-electron chi connectivity index (χ3n) is 4.80. The molecule has 0 aliphatic carbocycles. The second-order valence-electron chi connectivity index (χ2n) is 7.23. The molecule has 1 aliphatic heterocycles. The van der Waals surface area contributed by atoms with Crippen molar-refractivity contribution in [2.24, 2.45) is 0 Å². The van der Waals surface area contributed by atoms with Crippen LogP contribution in [0.5, 0.6) is 0 Å². The Morgan fingerprint density at radius 3 is 2.70 bits per heavy atom. The zero-order valence-corrected chi connectivity index (χ0v) is 17.4. The lowest BCUT2D eigenvalue weighted by Crippen LogP contribution is -2.34. The van der Waals surface area contributed by atoms with E-state index in [1.807, 2.05) is 48.9 Å². The van der Waals surface area contributed by atoms with E-state index in [1.165, 1.54) is 4.90 Å². The first-order chi connectivity index (χ1) is 14.4. The van der Waals surface area contributed by atoms with Crippen molar-refractivity contribution in [3.8, 4) is 0 Å². The normalized spacial score (nSPS) is 15.7. The topological polar surface area (TPSA) is 84.6 Å². The van der Waals surface area contributed by atoms with Gasteiger partial charge in [-0.3, -0.25) is 19.3 Å². The monoisotopic (exact) mass is 423 g/mol. The number of para-hydroxylation sites is 1. The van der Waals surface area contributed by atoms with E-state index in [0.717, 1.165) is 28.2 Å². The molecule has 4 rings (SSSR count). The van der Waals surface area contributed by atoms with Gasteiger partial charge in [0.15, 0.2) is 0 Å². The molecule has 1 aromatic carbocycles. The third kappa shape index (κ3) is 3.91. The van der Waals surface area contributed by atoms with Crippen LogP contribution in [0.3, 0.4) is 0 Å². The summed E-state index contributed by atoms with van der Waals surface area (Å²) in [5.74, 6) is 0.245. The summed E-state index contributed by atoms with van der Waals surface area (Å²) in [5, 5.41) is 3.48. The number of aromatic nitrogens is 1. The molecule has 30 heavy (non-hydrogen) atoms. The van der Waals surface area contributed by atoms with E-state index in [1.54, 1.807) is 24.5 Å². The lowest BCUT2D eigenvalue weighted by molar-refractivity contribution is -0.124. The quantitative estimate of drug-likeness (QED) is 0.606. The Morgan fingerprint density at radius 1 is 1.20 bits per heavy atom. The fourth-order valence-electron chi connectivity index (χ4n) is 3.40. The molecule has 1 N–H and O–H groups in total. The maximum Gasteiger partial charge on any atom is 0.293 e. The van der Waals surface area contributed by atoms with E-state index < -0.39 is 0 Å². The van der Waals surface area contributed by atoms with Crippen LogP contribution in [0, 0.1) is 0 Å². The van der Waals surface area contributed by atoms with Gasteiger partial charge in [-0.15, -0.1) is 0 Å². The minimum absolute atomic E-state index is 0.128. The SMILES string of the molecule is CC(C)N1C(=O)S/C(=C\c2cn(CC(=O)NCc3ccco3)c3ccccc23)C1=O. The third-order valence-corrected chi connectivity index (χ3v) is 5.68. The predicted octanol–water partition coefficient (Wildman–Crippen LogP) is 4.00. The summed E-state index contributed by atoms with van der Waals surface area (Å²) in [7, 11) is 0. The fraction of sp³-hybridized carbons (Fsp3) is 0.227. The standard InChI is InChI=1S/C22H21N3O4S/c1-14(2)25-21(27)19(30-22(25)28)10-15-12-24(18-8-4-3-7-17(15)18)13-20(26)23-11-16-6-5-9-29-16/h3-10,12,14H,11,13H2,1-2H3,(H,23,26)/b19-10-. The number of thioether (sulfide) groups is 1. The number of nitrogens with zero attached hydrogens (tertiary/aromatic N) is 2. The molecular weight excluding hydrogens is 402 g/mol. The summed E-state index contributed by atoms with van der Waals surface area (Å²) >= 11 is 0.943. The molecule has 0 radical (unpaired) electrons. The maximum absolute atomic E-state index is 12.6. The summed E-state index contributed by atoms with van der Waals surface area (Å²) in [6.45, 7) is 4.07. The minimum Gasteiger partial charge on any atom is -0.467 e. The molecule has 1 aliphatic rings. The van der Waals surface area contributed by atoms with E-state index in [0.29, 0.717) is 17.2 Å². The van der Waals surface area contributed by atoms with Crippen LogP contribution in [0.2, 0.25) is 0 Å². The summed E-state index contributed by atoms with van der Waals surface area (Å²) in [6, 6.07) is 11.0. The van der Waals surface area contributed by atoms with Gasteiger partial charge in [-0.05, 0) is 49.9 Å². The number of carbonyl (C=O) groups excluding carboxylic acids is 3. The first-order valence-electron chi connectivity index (χ1n) is 9.58. The summed E-state index contributed by atoms with van der Waals surface area (Å²) < 4.78 is 7.07. The summed E-state index contributed by atoms with van der Waals surface area (Å²) in [6.07, 6.45) is 5.13. The molecule has 0 unspecified atom stereocenters.